The van der Waals surface area contributed by atoms with Crippen LogP contribution in [-0.2, 0) is 0 Å². The van der Waals surface area contributed by atoms with Crippen LogP contribution in [0.1, 0.15) is 42.8 Å². The molecular weight excluding hydrogens is 354 g/mol. The molecule has 1 unspecified atom stereocenters. The minimum absolute atomic E-state index is 0.0247. The van der Waals surface area contributed by atoms with E-state index in [0.29, 0.717) is 0 Å². The van der Waals surface area contributed by atoms with Gasteiger partial charge < -0.3 is 5.32 Å². The van der Waals surface area contributed by atoms with Crippen LogP contribution in [-0.4, -0.2) is 11.9 Å². The van der Waals surface area contributed by atoms with Crippen molar-refractivity contribution in [2.24, 2.45) is 0 Å². The maximum atomic E-state index is 11.9. The smallest absolute Gasteiger partial charge is 0.261 e. The highest BCUT2D eigenvalue weighted by molar-refractivity contribution is 9.13. The summed E-state index contributed by atoms with van der Waals surface area (Å²) in [5, 5.41) is 3.05. The molecular formula is C11H15Br2NOS. The monoisotopic (exact) mass is 367 g/mol. The molecule has 1 N–H and O–H groups in total. The molecule has 0 saturated heterocycles. The van der Waals surface area contributed by atoms with Gasteiger partial charge in [-0.3, -0.25) is 4.79 Å². The van der Waals surface area contributed by atoms with Crippen molar-refractivity contribution in [3.63, 3.8) is 0 Å². The molecule has 2 nitrogen and oxygen atoms in total. The Balaban J connectivity index is 2.64. The zero-order valence-electron chi connectivity index (χ0n) is 9.35. The molecule has 1 aromatic heterocycles. The van der Waals surface area contributed by atoms with Crippen LogP contribution < -0.4 is 5.32 Å². The van der Waals surface area contributed by atoms with Crippen LogP contribution in [0.5, 0.6) is 0 Å². The Labute approximate surface area is 117 Å². The van der Waals surface area contributed by atoms with Gasteiger partial charge in [-0.15, -0.1) is 11.3 Å². The second-order valence-electron chi connectivity index (χ2n) is 3.60. The predicted molar refractivity (Wildman–Crippen MR) is 76.2 cm³/mol. The van der Waals surface area contributed by atoms with E-state index in [-0.39, 0.29) is 11.9 Å². The van der Waals surface area contributed by atoms with Gasteiger partial charge in [0.25, 0.3) is 5.91 Å². The number of hydrogen-bond donors (Lipinski definition) is 1. The molecule has 0 aliphatic heterocycles. The van der Waals surface area contributed by atoms with Crippen LogP contribution >= 0.6 is 43.2 Å². The first-order valence-corrected chi connectivity index (χ1v) is 7.74. The van der Waals surface area contributed by atoms with Crippen molar-refractivity contribution in [1.82, 2.24) is 5.32 Å². The highest BCUT2D eigenvalue weighted by atomic mass is 79.9. The summed E-state index contributed by atoms with van der Waals surface area (Å²) >= 11 is 8.22. The molecule has 1 rings (SSSR count). The Morgan fingerprint density at radius 3 is 2.62 bits per heavy atom. The summed E-state index contributed by atoms with van der Waals surface area (Å²) in [6.07, 6.45) is 3.11. The minimum Gasteiger partial charge on any atom is -0.349 e. The molecule has 1 atom stereocenters. The normalized spacial score (nSPS) is 12.5. The van der Waals surface area contributed by atoms with E-state index in [1.54, 1.807) is 0 Å². The predicted octanol–water partition coefficient (Wildman–Crippen LogP) is 4.58. The van der Waals surface area contributed by atoms with Gasteiger partial charge >= 0.3 is 0 Å². The second-order valence-corrected chi connectivity index (χ2v) is 6.82. The minimum atomic E-state index is 0.0247. The van der Waals surface area contributed by atoms with Crippen molar-refractivity contribution in [3.8, 4) is 0 Å². The lowest BCUT2D eigenvalue weighted by Crippen LogP contribution is -2.33. The van der Waals surface area contributed by atoms with Gasteiger partial charge in [-0.25, -0.2) is 0 Å². The van der Waals surface area contributed by atoms with E-state index < -0.39 is 0 Å². The van der Waals surface area contributed by atoms with Gasteiger partial charge in [-0.2, -0.15) is 0 Å². The zero-order valence-corrected chi connectivity index (χ0v) is 13.3. The van der Waals surface area contributed by atoms with E-state index in [4.69, 9.17) is 0 Å². The third kappa shape index (κ3) is 3.86. The molecule has 0 aliphatic rings. The van der Waals surface area contributed by atoms with E-state index in [1.807, 2.05) is 6.07 Å². The maximum Gasteiger partial charge on any atom is 0.261 e. The summed E-state index contributed by atoms with van der Waals surface area (Å²) < 4.78 is 1.90. The van der Waals surface area contributed by atoms with Crippen molar-refractivity contribution >= 4 is 49.1 Å². The van der Waals surface area contributed by atoms with Crippen LogP contribution in [0.4, 0.5) is 0 Å². The summed E-state index contributed by atoms with van der Waals surface area (Å²) in [6.45, 7) is 4.23. The first-order chi connectivity index (χ1) is 7.58. The topological polar surface area (TPSA) is 29.1 Å². The average Bonchev–Trinajstić information content (AvgIpc) is 2.58. The zero-order chi connectivity index (χ0) is 12.1. The third-order valence-corrected chi connectivity index (χ3v) is 5.59. The molecule has 0 aromatic carbocycles. The summed E-state index contributed by atoms with van der Waals surface area (Å²) in [6, 6.07) is 2.14. The Bertz CT molecular complexity index is 345. The fraction of sp³-hybridized carbons (Fsp3) is 0.545. The van der Waals surface area contributed by atoms with Gasteiger partial charge in [-0.1, -0.05) is 20.3 Å². The van der Waals surface area contributed by atoms with Crippen LogP contribution in [0.2, 0.25) is 0 Å². The summed E-state index contributed by atoms with van der Waals surface area (Å²) in [7, 11) is 0. The Hall–Kier alpha value is 0.130. The maximum absolute atomic E-state index is 11.9. The highest BCUT2D eigenvalue weighted by Crippen LogP contribution is 2.32. The van der Waals surface area contributed by atoms with Crippen molar-refractivity contribution in [1.29, 1.82) is 0 Å². The number of nitrogens with one attached hydrogen (secondary N) is 1. The fourth-order valence-electron chi connectivity index (χ4n) is 1.44. The van der Waals surface area contributed by atoms with Gasteiger partial charge in [0.15, 0.2) is 0 Å². The fourth-order valence-corrected chi connectivity index (χ4v) is 3.38. The van der Waals surface area contributed by atoms with E-state index in [2.05, 4.69) is 51.0 Å². The van der Waals surface area contributed by atoms with E-state index in [0.717, 1.165) is 32.4 Å². The van der Waals surface area contributed by atoms with Crippen molar-refractivity contribution in [2.75, 3.05) is 0 Å². The molecule has 90 valence electrons. The Kier molecular flexibility index (Phi) is 6.00. The number of hydrogen-bond acceptors (Lipinski definition) is 2. The highest BCUT2D eigenvalue weighted by Gasteiger charge is 2.15. The van der Waals surface area contributed by atoms with Gasteiger partial charge in [0, 0.05) is 10.5 Å². The molecule has 1 heterocycles. The summed E-state index contributed by atoms with van der Waals surface area (Å²) in [4.78, 5) is 12.7. The first-order valence-electron chi connectivity index (χ1n) is 5.34. The molecule has 0 saturated carbocycles. The molecule has 0 aliphatic carbocycles. The number of rotatable bonds is 5. The van der Waals surface area contributed by atoms with Crippen molar-refractivity contribution in [3.05, 3.63) is 19.2 Å². The SMILES string of the molecule is CCCC(CC)NC(=O)c1cc(Br)c(Br)s1. The molecule has 1 aromatic rings. The van der Waals surface area contributed by atoms with Crippen LogP contribution in [0.25, 0.3) is 0 Å². The lowest BCUT2D eigenvalue weighted by atomic mass is 10.1. The molecule has 5 heteroatoms. The Morgan fingerprint density at radius 1 is 1.50 bits per heavy atom. The van der Waals surface area contributed by atoms with E-state index in [9.17, 15) is 4.79 Å². The van der Waals surface area contributed by atoms with Gasteiger partial charge in [0.2, 0.25) is 0 Å². The molecule has 16 heavy (non-hydrogen) atoms. The number of carbonyl (C=O) groups excluding carboxylic acids is 1. The molecule has 0 bridgehead atoms. The number of thiophene rings is 1. The molecule has 0 fully saturated rings. The van der Waals surface area contributed by atoms with Crippen molar-refractivity contribution < 1.29 is 4.79 Å². The quantitative estimate of drug-likeness (QED) is 0.809. The summed E-state index contributed by atoms with van der Waals surface area (Å²) in [5.74, 6) is 0.0247. The van der Waals surface area contributed by atoms with Crippen LogP contribution in [0.15, 0.2) is 14.3 Å². The standard InChI is InChI=1S/C11H15Br2NOS/c1-3-5-7(4-2)14-11(15)9-6-8(12)10(13)16-9/h6-7H,3-5H2,1-2H3,(H,14,15). The van der Waals surface area contributed by atoms with Crippen LogP contribution in [0.3, 0.4) is 0 Å². The molecule has 0 radical (unpaired) electrons. The lowest BCUT2D eigenvalue weighted by molar-refractivity contribution is 0.0938. The number of halogens is 2. The summed E-state index contributed by atoms with van der Waals surface area (Å²) in [5.41, 5.74) is 0. The largest absolute Gasteiger partial charge is 0.349 e. The second kappa shape index (κ2) is 6.77. The number of amides is 1. The van der Waals surface area contributed by atoms with E-state index >= 15 is 0 Å². The van der Waals surface area contributed by atoms with Gasteiger partial charge in [0.1, 0.15) is 0 Å². The van der Waals surface area contributed by atoms with E-state index in [1.165, 1.54) is 11.3 Å². The Morgan fingerprint density at radius 2 is 2.19 bits per heavy atom. The molecule has 1 amide bonds. The van der Waals surface area contributed by atoms with Gasteiger partial charge in [-0.05, 0) is 50.8 Å². The number of carbonyl (C=O) groups is 1. The van der Waals surface area contributed by atoms with Gasteiger partial charge in [0.05, 0.1) is 8.66 Å². The first kappa shape index (κ1) is 14.2. The molecule has 0 spiro atoms. The third-order valence-electron chi connectivity index (χ3n) is 2.33. The van der Waals surface area contributed by atoms with Crippen LogP contribution in [0, 0.1) is 0 Å². The van der Waals surface area contributed by atoms with Crippen molar-refractivity contribution in [2.45, 2.75) is 39.2 Å². The lowest BCUT2D eigenvalue weighted by Gasteiger charge is -2.15. The average molecular weight is 369 g/mol.